The quantitative estimate of drug-likeness (QED) is 0.754. The lowest BCUT2D eigenvalue weighted by Crippen LogP contribution is -2.57. The predicted octanol–water partition coefficient (Wildman–Crippen LogP) is 0.877. The van der Waals surface area contributed by atoms with Crippen molar-refractivity contribution in [2.75, 3.05) is 32.7 Å². The molecule has 1 aliphatic heterocycles. The van der Waals surface area contributed by atoms with E-state index in [9.17, 15) is 4.79 Å². The first-order valence-electron chi connectivity index (χ1n) is 5.69. The Bertz CT molecular complexity index is 221. The fourth-order valence-electron chi connectivity index (χ4n) is 1.98. The summed E-state index contributed by atoms with van der Waals surface area (Å²) in [6.45, 7) is 10.6. The first-order chi connectivity index (χ1) is 6.98. The van der Waals surface area contributed by atoms with Crippen LogP contribution in [-0.2, 0) is 4.79 Å². The molecule has 0 saturated carbocycles. The van der Waals surface area contributed by atoms with Crippen molar-refractivity contribution in [1.82, 2.24) is 9.80 Å². The van der Waals surface area contributed by atoms with Crippen molar-refractivity contribution in [2.45, 2.75) is 32.7 Å². The van der Waals surface area contributed by atoms with Gasteiger partial charge < -0.3 is 10.0 Å². The number of rotatable bonds is 4. The SMILES string of the molecule is CCCN1CCN(C(C)(C)C(=O)O)CC1. The van der Waals surface area contributed by atoms with Crippen molar-refractivity contribution >= 4 is 5.97 Å². The van der Waals surface area contributed by atoms with E-state index in [-0.39, 0.29) is 0 Å². The molecule has 0 amide bonds. The minimum Gasteiger partial charge on any atom is -0.480 e. The summed E-state index contributed by atoms with van der Waals surface area (Å²) >= 11 is 0. The number of carboxylic acid groups (broad SMARTS) is 1. The van der Waals surface area contributed by atoms with E-state index in [1.807, 2.05) is 0 Å². The second-order valence-corrected chi connectivity index (χ2v) is 4.69. The number of hydrogen-bond donors (Lipinski definition) is 1. The standard InChI is InChI=1S/C11H22N2O2/c1-4-5-12-6-8-13(9-7-12)11(2,3)10(14)15/h4-9H2,1-3H3,(H,14,15). The summed E-state index contributed by atoms with van der Waals surface area (Å²) in [6.07, 6.45) is 1.17. The Kier molecular flexibility index (Phi) is 4.11. The fourth-order valence-corrected chi connectivity index (χ4v) is 1.98. The zero-order valence-electron chi connectivity index (χ0n) is 9.99. The molecule has 1 fully saturated rings. The maximum atomic E-state index is 11.1. The zero-order valence-corrected chi connectivity index (χ0v) is 9.99. The van der Waals surface area contributed by atoms with E-state index < -0.39 is 11.5 Å². The lowest BCUT2D eigenvalue weighted by molar-refractivity contribution is -0.150. The monoisotopic (exact) mass is 214 g/mol. The molecule has 0 aromatic heterocycles. The van der Waals surface area contributed by atoms with E-state index in [1.54, 1.807) is 13.8 Å². The highest BCUT2D eigenvalue weighted by Crippen LogP contribution is 2.17. The van der Waals surface area contributed by atoms with Crippen LogP contribution in [-0.4, -0.2) is 59.1 Å². The molecule has 0 aliphatic carbocycles. The summed E-state index contributed by atoms with van der Waals surface area (Å²) < 4.78 is 0. The maximum Gasteiger partial charge on any atom is 0.323 e. The third kappa shape index (κ3) is 2.92. The van der Waals surface area contributed by atoms with Gasteiger partial charge in [-0.25, -0.2) is 0 Å². The van der Waals surface area contributed by atoms with Gasteiger partial charge in [0.05, 0.1) is 0 Å². The molecule has 1 N–H and O–H groups in total. The number of nitrogens with zero attached hydrogens (tertiary/aromatic N) is 2. The molecule has 0 aromatic carbocycles. The smallest absolute Gasteiger partial charge is 0.323 e. The third-order valence-corrected chi connectivity index (χ3v) is 3.23. The largest absolute Gasteiger partial charge is 0.480 e. The van der Waals surface area contributed by atoms with Crippen LogP contribution in [0.3, 0.4) is 0 Å². The molecule has 15 heavy (non-hydrogen) atoms. The Morgan fingerprint density at radius 1 is 1.27 bits per heavy atom. The summed E-state index contributed by atoms with van der Waals surface area (Å²) in [4.78, 5) is 15.5. The summed E-state index contributed by atoms with van der Waals surface area (Å²) in [6, 6.07) is 0. The molecule has 4 heteroatoms. The highest BCUT2D eigenvalue weighted by atomic mass is 16.4. The number of piperazine rings is 1. The van der Waals surface area contributed by atoms with Gasteiger partial charge in [-0.3, -0.25) is 9.69 Å². The first-order valence-corrected chi connectivity index (χ1v) is 5.69. The molecule has 88 valence electrons. The number of hydrogen-bond acceptors (Lipinski definition) is 3. The van der Waals surface area contributed by atoms with Gasteiger partial charge in [0.25, 0.3) is 0 Å². The Hall–Kier alpha value is -0.610. The van der Waals surface area contributed by atoms with E-state index in [2.05, 4.69) is 16.7 Å². The molecule has 0 aromatic rings. The van der Waals surface area contributed by atoms with Crippen molar-refractivity contribution in [3.8, 4) is 0 Å². The second kappa shape index (κ2) is 4.94. The minimum atomic E-state index is -0.730. The first kappa shape index (κ1) is 12.5. The molecule has 4 nitrogen and oxygen atoms in total. The Morgan fingerprint density at radius 2 is 1.80 bits per heavy atom. The highest BCUT2D eigenvalue weighted by molar-refractivity contribution is 5.77. The molecule has 0 radical (unpaired) electrons. The molecular formula is C11H22N2O2. The normalized spacial score (nSPS) is 20.5. The fraction of sp³-hybridized carbons (Fsp3) is 0.909. The molecule has 1 heterocycles. The van der Waals surface area contributed by atoms with Gasteiger partial charge in [-0.05, 0) is 26.8 Å². The average Bonchev–Trinajstić information content (AvgIpc) is 2.19. The maximum absolute atomic E-state index is 11.1. The van der Waals surface area contributed by atoms with Gasteiger partial charge in [-0.2, -0.15) is 0 Å². The molecule has 1 aliphatic rings. The van der Waals surface area contributed by atoms with Crippen LogP contribution >= 0.6 is 0 Å². The van der Waals surface area contributed by atoms with Crippen LogP contribution in [0.5, 0.6) is 0 Å². The molecular weight excluding hydrogens is 192 g/mol. The predicted molar refractivity (Wildman–Crippen MR) is 60.0 cm³/mol. The zero-order chi connectivity index (χ0) is 11.5. The lowest BCUT2D eigenvalue weighted by atomic mass is 10.0. The van der Waals surface area contributed by atoms with E-state index in [0.717, 1.165) is 32.7 Å². The lowest BCUT2D eigenvalue weighted by Gasteiger charge is -2.41. The van der Waals surface area contributed by atoms with Crippen LogP contribution in [0.4, 0.5) is 0 Å². The molecule has 0 atom stereocenters. The molecule has 0 spiro atoms. The highest BCUT2D eigenvalue weighted by Gasteiger charge is 2.35. The van der Waals surface area contributed by atoms with Crippen LogP contribution in [0.1, 0.15) is 27.2 Å². The number of carbonyl (C=O) groups is 1. The summed E-state index contributed by atoms with van der Waals surface area (Å²) in [7, 11) is 0. The van der Waals surface area contributed by atoms with Gasteiger partial charge in [0, 0.05) is 26.2 Å². The molecule has 1 rings (SSSR count). The van der Waals surface area contributed by atoms with Crippen molar-refractivity contribution in [1.29, 1.82) is 0 Å². The topological polar surface area (TPSA) is 43.8 Å². The van der Waals surface area contributed by atoms with Crippen LogP contribution in [0.2, 0.25) is 0 Å². The molecule has 1 saturated heterocycles. The summed E-state index contributed by atoms with van der Waals surface area (Å²) in [5, 5.41) is 9.11. The van der Waals surface area contributed by atoms with Crippen LogP contribution in [0.25, 0.3) is 0 Å². The van der Waals surface area contributed by atoms with Gasteiger partial charge in [-0.1, -0.05) is 6.92 Å². The number of aliphatic carboxylic acids is 1. The third-order valence-electron chi connectivity index (χ3n) is 3.23. The average molecular weight is 214 g/mol. The minimum absolute atomic E-state index is 0.724. The van der Waals surface area contributed by atoms with Crippen molar-refractivity contribution in [2.24, 2.45) is 0 Å². The van der Waals surface area contributed by atoms with Crippen LogP contribution in [0, 0.1) is 0 Å². The second-order valence-electron chi connectivity index (χ2n) is 4.69. The van der Waals surface area contributed by atoms with E-state index in [4.69, 9.17) is 5.11 Å². The molecule has 0 bridgehead atoms. The van der Waals surface area contributed by atoms with Crippen molar-refractivity contribution < 1.29 is 9.90 Å². The molecule has 0 unspecified atom stereocenters. The Morgan fingerprint density at radius 3 is 2.20 bits per heavy atom. The van der Waals surface area contributed by atoms with Gasteiger partial charge in [0.2, 0.25) is 0 Å². The van der Waals surface area contributed by atoms with Crippen molar-refractivity contribution in [3.05, 3.63) is 0 Å². The number of carboxylic acids is 1. The van der Waals surface area contributed by atoms with Gasteiger partial charge >= 0.3 is 5.97 Å². The summed E-state index contributed by atoms with van der Waals surface area (Å²) in [5.74, 6) is -0.730. The summed E-state index contributed by atoms with van der Waals surface area (Å²) in [5.41, 5.74) is -0.724. The van der Waals surface area contributed by atoms with Crippen LogP contribution < -0.4 is 0 Å². The van der Waals surface area contributed by atoms with Crippen molar-refractivity contribution in [3.63, 3.8) is 0 Å². The Balaban J connectivity index is 2.46. The van der Waals surface area contributed by atoms with Gasteiger partial charge in [0.1, 0.15) is 5.54 Å². The Labute approximate surface area is 91.9 Å². The van der Waals surface area contributed by atoms with E-state index in [0.29, 0.717) is 0 Å². The van der Waals surface area contributed by atoms with Crippen LogP contribution in [0.15, 0.2) is 0 Å². The van der Waals surface area contributed by atoms with E-state index >= 15 is 0 Å². The van der Waals surface area contributed by atoms with Gasteiger partial charge in [0.15, 0.2) is 0 Å². The van der Waals surface area contributed by atoms with E-state index in [1.165, 1.54) is 6.42 Å². The van der Waals surface area contributed by atoms with Gasteiger partial charge in [-0.15, -0.1) is 0 Å².